The van der Waals surface area contributed by atoms with Gasteiger partial charge in [-0.2, -0.15) is 0 Å². The van der Waals surface area contributed by atoms with Crippen LogP contribution in [0, 0.1) is 0 Å². The summed E-state index contributed by atoms with van der Waals surface area (Å²) in [5, 5.41) is 3.40. The molecule has 3 aromatic rings. The van der Waals surface area contributed by atoms with Gasteiger partial charge in [0.25, 0.3) is 0 Å². The molecule has 2 N–H and O–H groups in total. The molecular formula is C15H17N5. The first-order valence-electron chi connectivity index (χ1n) is 6.77. The van der Waals surface area contributed by atoms with E-state index in [9.17, 15) is 0 Å². The van der Waals surface area contributed by atoms with Gasteiger partial charge in [0.2, 0.25) is 0 Å². The van der Waals surface area contributed by atoms with Crippen LogP contribution >= 0.6 is 0 Å². The summed E-state index contributed by atoms with van der Waals surface area (Å²) in [4.78, 5) is 15.6. The molecule has 0 amide bonds. The summed E-state index contributed by atoms with van der Waals surface area (Å²) in [5.41, 5.74) is 4.09. The zero-order valence-electron chi connectivity index (χ0n) is 11.6. The van der Waals surface area contributed by atoms with E-state index < -0.39 is 0 Å². The topological polar surface area (TPSA) is 66.5 Å². The SMILES string of the molecule is CCc1ccc([C@@H](C)Nc2ncnc3nc[nH]c23)cc1. The molecule has 0 spiro atoms. The van der Waals surface area contributed by atoms with Crippen LogP contribution in [0.1, 0.15) is 31.0 Å². The Morgan fingerprint density at radius 3 is 2.70 bits per heavy atom. The predicted molar refractivity (Wildman–Crippen MR) is 79.5 cm³/mol. The molecule has 2 aromatic heterocycles. The highest BCUT2D eigenvalue weighted by Crippen LogP contribution is 2.22. The van der Waals surface area contributed by atoms with Crippen LogP contribution in [0.25, 0.3) is 11.2 Å². The lowest BCUT2D eigenvalue weighted by Crippen LogP contribution is -2.08. The fourth-order valence-corrected chi connectivity index (χ4v) is 2.20. The van der Waals surface area contributed by atoms with Crippen molar-refractivity contribution in [1.29, 1.82) is 0 Å². The fourth-order valence-electron chi connectivity index (χ4n) is 2.20. The number of rotatable bonds is 4. The van der Waals surface area contributed by atoms with Crippen molar-refractivity contribution in [2.24, 2.45) is 0 Å². The summed E-state index contributed by atoms with van der Waals surface area (Å²) in [6, 6.07) is 8.81. The third kappa shape index (κ3) is 2.34. The second kappa shape index (κ2) is 5.28. The molecule has 1 atom stereocenters. The number of hydrogen-bond donors (Lipinski definition) is 2. The zero-order chi connectivity index (χ0) is 13.9. The molecule has 0 bridgehead atoms. The van der Waals surface area contributed by atoms with Gasteiger partial charge in [0.05, 0.1) is 12.4 Å². The highest BCUT2D eigenvalue weighted by molar-refractivity contribution is 5.82. The van der Waals surface area contributed by atoms with Gasteiger partial charge in [0.1, 0.15) is 11.8 Å². The molecule has 102 valence electrons. The first-order valence-corrected chi connectivity index (χ1v) is 6.77. The Balaban J connectivity index is 1.84. The highest BCUT2D eigenvalue weighted by atomic mass is 15.1. The molecule has 0 radical (unpaired) electrons. The van der Waals surface area contributed by atoms with E-state index >= 15 is 0 Å². The van der Waals surface area contributed by atoms with Crippen molar-refractivity contribution in [2.45, 2.75) is 26.3 Å². The van der Waals surface area contributed by atoms with Gasteiger partial charge in [0, 0.05) is 0 Å². The molecule has 0 aliphatic rings. The van der Waals surface area contributed by atoms with Crippen LogP contribution in [0.3, 0.4) is 0 Å². The normalized spacial score (nSPS) is 12.5. The number of aromatic amines is 1. The summed E-state index contributed by atoms with van der Waals surface area (Å²) < 4.78 is 0. The van der Waals surface area contributed by atoms with Gasteiger partial charge in [-0.3, -0.25) is 0 Å². The van der Waals surface area contributed by atoms with Crippen molar-refractivity contribution in [1.82, 2.24) is 19.9 Å². The number of nitrogens with zero attached hydrogens (tertiary/aromatic N) is 3. The predicted octanol–water partition coefficient (Wildman–Crippen LogP) is 3.09. The molecule has 0 saturated heterocycles. The maximum atomic E-state index is 4.28. The molecular weight excluding hydrogens is 250 g/mol. The maximum Gasteiger partial charge on any atom is 0.182 e. The Morgan fingerprint density at radius 2 is 1.95 bits per heavy atom. The average molecular weight is 267 g/mol. The van der Waals surface area contributed by atoms with E-state index in [1.165, 1.54) is 17.5 Å². The van der Waals surface area contributed by atoms with Crippen molar-refractivity contribution in [2.75, 3.05) is 5.32 Å². The Kier molecular flexibility index (Phi) is 3.33. The number of H-pyrrole nitrogens is 1. The maximum absolute atomic E-state index is 4.28. The Labute approximate surface area is 117 Å². The lowest BCUT2D eigenvalue weighted by Gasteiger charge is -2.15. The van der Waals surface area contributed by atoms with Crippen molar-refractivity contribution >= 4 is 17.0 Å². The van der Waals surface area contributed by atoms with Crippen molar-refractivity contribution in [3.05, 3.63) is 48.0 Å². The van der Waals surface area contributed by atoms with Crippen molar-refractivity contribution in [3.8, 4) is 0 Å². The molecule has 1 aromatic carbocycles. The number of fused-ring (bicyclic) bond motifs is 1. The van der Waals surface area contributed by atoms with Crippen molar-refractivity contribution in [3.63, 3.8) is 0 Å². The molecule has 0 fully saturated rings. The lowest BCUT2D eigenvalue weighted by atomic mass is 10.1. The molecule has 0 saturated carbocycles. The molecule has 2 heterocycles. The summed E-state index contributed by atoms with van der Waals surface area (Å²) in [6.45, 7) is 4.28. The number of aromatic nitrogens is 4. The van der Waals surface area contributed by atoms with Gasteiger partial charge in [-0.25, -0.2) is 15.0 Å². The molecule has 5 nitrogen and oxygen atoms in total. The largest absolute Gasteiger partial charge is 0.362 e. The number of nitrogens with one attached hydrogen (secondary N) is 2. The van der Waals surface area contributed by atoms with Crippen LogP contribution in [0.2, 0.25) is 0 Å². The smallest absolute Gasteiger partial charge is 0.182 e. The van der Waals surface area contributed by atoms with Gasteiger partial charge in [-0.05, 0) is 24.5 Å². The molecule has 0 unspecified atom stereocenters. The summed E-state index contributed by atoms with van der Waals surface area (Å²) in [5.74, 6) is 0.777. The number of anilines is 1. The second-order valence-corrected chi connectivity index (χ2v) is 4.78. The van der Waals surface area contributed by atoms with E-state index in [1.54, 1.807) is 6.33 Å². The molecule has 20 heavy (non-hydrogen) atoms. The fraction of sp³-hybridized carbons (Fsp3) is 0.267. The number of aryl methyl sites for hydroxylation is 1. The van der Waals surface area contributed by atoms with Gasteiger partial charge in [-0.15, -0.1) is 0 Å². The molecule has 3 rings (SSSR count). The van der Waals surface area contributed by atoms with Crippen LogP contribution in [-0.4, -0.2) is 19.9 Å². The third-order valence-corrected chi connectivity index (χ3v) is 3.46. The highest BCUT2D eigenvalue weighted by Gasteiger charge is 2.10. The number of benzene rings is 1. The Hall–Kier alpha value is -2.43. The van der Waals surface area contributed by atoms with Gasteiger partial charge >= 0.3 is 0 Å². The summed E-state index contributed by atoms with van der Waals surface area (Å²) >= 11 is 0. The molecule has 0 aliphatic heterocycles. The van der Waals surface area contributed by atoms with E-state index in [1.807, 2.05) is 0 Å². The van der Waals surface area contributed by atoms with Crippen LogP contribution in [0.5, 0.6) is 0 Å². The van der Waals surface area contributed by atoms with Crippen molar-refractivity contribution < 1.29 is 0 Å². The number of imidazole rings is 1. The van der Waals surface area contributed by atoms with E-state index in [-0.39, 0.29) is 6.04 Å². The Bertz CT molecular complexity index is 702. The molecule has 5 heteroatoms. The second-order valence-electron chi connectivity index (χ2n) is 4.78. The lowest BCUT2D eigenvalue weighted by molar-refractivity contribution is 0.873. The van der Waals surface area contributed by atoms with Crippen LogP contribution < -0.4 is 5.32 Å². The minimum Gasteiger partial charge on any atom is -0.362 e. The van der Waals surface area contributed by atoms with E-state index in [4.69, 9.17) is 0 Å². The third-order valence-electron chi connectivity index (χ3n) is 3.46. The Morgan fingerprint density at radius 1 is 1.15 bits per heavy atom. The first-order chi connectivity index (χ1) is 9.78. The zero-order valence-corrected chi connectivity index (χ0v) is 11.6. The average Bonchev–Trinajstić information content (AvgIpc) is 2.97. The van der Waals surface area contributed by atoms with Crippen LogP contribution in [0.4, 0.5) is 5.82 Å². The van der Waals surface area contributed by atoms with Gasteiger partial charge < -0.3 is 10.3 Å². The van der Waals surface area contributed by atoms with Gasteiger partial charge in [0.15, 0.2) is 11.5 Å². The monoisotopic (exact) mass is 267 g/mol. The minimum atomic E-state index is 0.169. The number of hydrogen-bond acceptors (Lipinski definition) is 4. The molecule has 0 aliphatic carbocycles. The summed E-state index contributed by atoms with van der Waals surface area (Å²) in [6.07, 6.45) is 4.21. The first kappa shape index (κ1) is 12.6. The van der Waals surface area contributed by atoms with Gasteiger partial charge in [-0.1, -0.05) is 31.2 Å². The minimum absolute atomic E-state index is 0.169. The van der Waals surface area contributed by atoms with Crippen LogP contribution in [-0.2, 0) is 6.42 Å². The van der Waals surface area contributed by atoms with E-state index in [0.29, 0.717) is 5.65 Å². The van der Waals surface area contributed by atoms with E-state index in [0.717, 1.165) is 17.8 Å². The quantitative estimate of drug-likeness (QED) is 0.762. The van der Waals surface area contributed by atoms with Crippen LogP contribution in [0.15, 0.2) is 36.9 Å². The standard InChI is InChI=1S/C15H17N5/c1-3-11-4-6-12(7-5-11)10(2)20-15-13-14(17-8-16-13)18-9-19-15/h4-10H,3H2,1-2H3,(H2,16,17,18,19,20)/t10-/m1/s1. The summed E-state index contributed by atoms with van der Waals surface area (Å²) in [7, 11) is 0. The van der Waals surface area contributed by atoms with E-state index in [2.05, 4.69) is 63.4 Å².